The molecule has 1 aliphatic heterocycles. The standard InChI is InChI=1S/C18H26N2O3/c1-14(12-23-13-16-5-3-2-4-6-16)18(22)20-9-7-15(8-10-20)11-17(19)21/h2-6,14-15H,7-13H2,1H3,(H2,19,21). The minimum Gasteiger partial charge on any atom is -0.376 e. The van der Waals surface area contributed by atoms with Crippen LogP contribution in [0.5, 0.6) is 0 Å². The van der Waals surface area contributed by atoms with Gasteiger partial charge in [-0.2, -0.15) is 0 Å². The van der Waals surface area contributed by atoms with Gasteiger partial charge in [-0.05, 0) is 24.3 Å². The number of primary amides is 1. The zero-order chi connectivity index (χ0) is 16.7. The lowest BCUT2D eigenvalue weighted by Gasteiger charge is -2.33. The van der Waals surface area contributed by atoms with E-state index in [1.165, 1.54) is 0 Å². The van der Waals surface area contributed by atoms with Crippen LogP contribution in [0.3, 0.4) is 0 Å². The second-order valence-electron chi connectivity index (χ2n) is 6.34. The molecule has 0 bridgehead atoms. The summed E-state index contributed by atoms with van der Waals surface area (Å²) in [4.78, 5) is 25.3. The number of amides is 2. The van der Waals surface area contributed by atoms with Gasteiger partial charge in [0.25, 0.3) is 0 Å². The third kappa shape index (κ3) is 5.67. The number of benzene rings is 1. The third-order valence-electron chi connectivity index (χ3n) is 4.32. The lowest BCUT2D eigenvalue weighted by Crippen LogP contribution is -2.42. The van der Waals surface area contributed by atoms with Gasteiger partial charge in [-0.3, -0.25) is 9.59 Å². The van der Waals surface area contributed by atoms with Gasteiger partial charge < -0.3 is 15.4 Å². The normalized spacial score (nSPS) is 17.0. The summed E-state index contributed by atoms with van der Waals surface area (Å²) in [5, 5.41) is 0. The number of nitrogens with two attached hydrogens (primary N) is 1. The van der Waals surface area contributed by atoms with Crippen molar-refractivity contribution in [1.82, 2.24) is 4.90 Å². The van der Waals surface area contributed by atoms with E-state index in [0.29, 0.717) is 38.6 Å². The second kappa shape index (κ2) is 8.67. The largest absolute Gasteiger partial charge is 0.376 e. The van der Waals surface area contributed by atoms with Crippen LogP contribution in [0.4, 0.5) is 0 Å². The van der Waals surface area contributed by atoms with Gasteiger partial charge in [-0.15, -0.1) is 0 Å². The summed E-state index contributed by atoms with van der Waals surface area (Å²) < 4.78 is 5.66. The zero-order valence-electron chi connectivity index (χ0n) is 13.7. The summed E-state index contributed by atoms with van der Waals surface area (Å²) in [6.45, 7) is 4.27. The van der Waals surface area contributed by atoms with Crippen molar-refractivity contribution in [2.75, 3.05) is 19.7 Å². The van der Waals surface area contributed by atoms with E-state index in [9.17, 15) is 9.59 Å². The van der Waals surface area contributed by atoms with Crippen molar-refractivity contribution in [2.24, 2.45) is 17.6 Å². The first kappa shape index (κ1) is 17.5. The Morgan fingerprint density at radius 1 is 1.26 bits per heavy atom. The second-order valence-corrected chi connectivity index (χ2v) is 6.34. The van der Waals surface area contributed by atoms with Crippen LogP contribution >= 0.6 is 0 Å². The number of piperidine rings is 1. The maximum Gasteiger partial charge on any atom is 0.227 e. The maximum absolute atomic E-state index is 12.4. The molecule has 1 aromatic carbocycles. The molecule has 1 aromatic rings. The number of hydrogen-bond acceptors (Lipinski definition) is 3. The minimum absolute atomic E-state index is 0.135. The molecule has 0 radical (unpaired) electrons. The molecule has 0 spiro atoms. The Hall–Kier alpha value is -1.88. The first-order chi connectivity index (χ1) is 11.1. The summed E-state index contributed by atoms with van der Waals surface area (Å²) in [5.41, 5.74) is 6.34. The fourth-order valence-corrected chi connectivity index (χ4v) is 2.95. The molecule has 1 heterocycles. The fourth-order valence-electron chi connectivity index (χ4n) is 2.95. The molecule has 2 rings (SSSR count). The van der Waals surface area contributed by atoms with Gasteiger partial charge in [0.2, 0.25) is 11.8 Å². The Labute approximate surface area is 137 Å². The summed E-state index contributed by atoms with van der Waals surface area (Å²) in [6.07, 6.45) is 2.14. The van der Waals surface area contributed by atoms with Gasteiger partial charge in [0, 0.05) is 19.5 Å². The molecule has 5 heteroatoms. The van der Waals surface area contributed by atoms with Crippen molar-refractivity contribution in [3.8, 4) is 0 Å². The molecule has 0 aromatic heterocycles. The van der Waals surface area contributed by atoms with E-state index in [-0.39, 0.29) is 17.7 Å². The minimum atomic E-state index is -0.252. The number of nitrogens with zero attached hydrogens (tertiary/aromatic N) is 1. The third-order valence-corrected chi connectivity index (χ3v) is 4.32. The molecule has 0 aliphatic carbocycles. The van der Waals surface area contributed by atoms with Crippen LogP contribution in [0.1, 0.15) is 31.7 Å². The van der Waals surface area contributed by atoms with E-state index >= 15 is 0 Å². The first-order valence-corrected chi connectivity index (χ1v) is 8.25. The van der Waals surface area contributed by atoms with Crippen LogP contribution in [0.15, 0.2) is 30.3 Å². The van der Waals surface area contributed by atoms with E-state index in [1.54, 1.807) is 0 Å². The molecule has 23 heavy (non-hydrogen) atoms. The lowest BCUT2D eigenvalue weighted by atomic mass is 9.92. The SMILES string of the molecule is CC(COCc1ccccc1)C(=O)N1CCC(CC(N)=O)CC1. The molecule has 1 unspecified atom stereocenters. The van der Waals surface area contributed by atoms with Crippen LogP contribution in [0, 0.1) is 11.8 Å². The quantitative estimate of drug-likeness (QED) is 0.835. The summed E-state index contributed by atoms with van der Waals surface area (Å²) in [5.74, 6) is 0.0561. The van der Waals surface area contributed by atoms with Crippen LogP contribution in [0.2, 0.25) is 0 Å². The highest BCUT2D eigenvalue weighted by Crippen LogP contribution is 2.21. The Morgan fingerprint density at radius 2 is 1.91 bits per heavy atom. The molecule has 1 atom stereocenters. The Kier molecular flexibility index (Phi) is 6.59. The van der Waals surface area contributed by atoms with Crippen molar-refractivity contribution in [3.63, 3.8) is 0 Å². The maximum atomic E-state index is 12.4. The summed E-state index contributed by atoms with van der Waals surface area (Å²) >= 11 is 0. The molecule has 1 aliphatic rings. The van der Waals surface area contributed by atoms with Crippen molar-refractivity contribution in [3.05, 3.63) is 35.9 Å². The average molecular weight is 318 g/mol. The fraction of sp³-hybridized carbons (Fsp3) is 0.556. The van der Waals surface area contributed by atoms with Gasteiger partial charge in [-0.1, -0.05) is 37.3 Å². The topological polar surface area (TPSA) is 72.6 Å². The molecule has 1 saturated heterocycles. The molecule has 5 nitrogen and oxygen atoms in total. The Morgan fingerprint density at radius 3 is 2.52 bits per heavy atom. The molecule has 126 valence electrons. The lowest BCUT2D eigenvalue weighted by molar-refractivity contribution is -0.138. The van der Waals surface area contributed by atoms with Crippen LogP contribution in [-0.2, 0) is 20.9 Å². The molecule has 1 fully saturated rings. The van der Waals surface area contributed by atoms with E-state index in [4.69, 9.17) is 10.5 Å². The molecule has 2 N–H and O–H groups in total. The van der Waals surface area contributed by atoms with Crippen LogP contribution in [0.25, 0.3) is 0 Å². The van der Waals surface area contributed by atoms with E-state index in [2.05, 4.69) is 0 Å². The van der Waals surface area contributed by atoms with Gasteiger partial charge in [0.1, 0.15) is 0 Å². The van der Waals surface area contributed by atoms with Crippen molar-refractivity contribution in [2.45, 2.75) is 32.8 Å². The number of carbonyl (C=O) groups is 2. The number of rotatable bonds is 7. The smallest absolute Gasteiger partial charge is 0.227 e. The highest BCUT2D eigenvalue weighted by molar-refractivity contribution is 5.78. The number of carbonyl (C=O) groups excluding carboxylic acids is 2. The van der Waals surface area contributed by atoms with Gasteiger partial charge >= 0.3 is 0 Å². The van der Waals surface area contributed by atoms with Crippen LogP contribution in [-0.4, -0.2) is 36.4 Å². The molecule has 0 saturated carbocycles. The molecule has 2 amide bonds. The number of hydrogen-bond donors (Lipinski definition) is 1. The number of likely N-dealkylation sites (tertiary alicyclic amines) is 1. The van der Waals surface area contributed by atoms with Gasteiger partial charge in [0.15, 0.2) is 0 Å². The van der Waals surface area contributed by atoms with Crippen molar-refractivity contribution in [1.29, 1.82) is 0 Å². The Bertz CT molecular complexity index is 510. The predicted molar refractivity (Wildman–Crippen MR) is 88.4 cm³/mol. The predicted octanol–water partition coefficient (Wildman–Crippen LogP) is 1.95. The van der Waals surface area contributed by atoms with E-state index in [1.807, 2.05) is 42.2 Å². The summed E-state index contributed by atoms with van der Waals surface area (Å²) in [7, 11) is 0. The van der Waals surface area contributed by atoms with Crippen molar-refractivity contribution >= 4 is 11.8 Å². The zero-order valence-corrected chi connectivity index (χ0v) is 13.7. The van der Waals surface area contributed by atoms with Gasteiger partial charge in [-0.25, -0.2) is 0 Å². The monoisotopic (exact) mass is 318 g/mol. The average Bonchev–Trinajstić information content (AvgIpc) is 2.55. The van der Waals surface area contributed by atoms with E-state index < -0.39 is 0 Å². The highest BCUT2D eigenvalue weighted by Gasteiger charge is 2.26. The number of ether oxygens (including phenoxy) is 1. The van der Waals surface area contributed by atoms with E-state index in [0.717, 1.165) is 18.4 Å². The van der Waals surface area contributed by atoms with Crippen LogP contribution < -0.4 is 5.73 Å². The van der Waals surface area contributed by atoms with Gasteiger partial charge in [0.05, 0.1) is 19.1 Å². The molecular weight excluding hydrogens is 292 g/mol. The first-order valence-electron chi connectivity index (χ1n) is 8.25. The van der Waals surface area contributed by atoms with Crippen molar-refractivity contribution < 1.29 is 14.3 Å². The highest BCUT2D eigenvalue weighted by atomic mass is 16.5. The summed E-state index contributed by atoms with van der Waals surface area (Å²) in [6, 6.07) is 9.94. The molecular formula is C18H26N2O3. The Balaban J connectivity index is 1.70.